The van der Waals surface area contributed by atoms with Gasteiger partial charge in [0.05, 0.1) is 23.1 Å². The maximum absolute atomic E-state index is 5.78. The fraction of sp³-hybridized carbons (Fsp3) is 0.0833. The van der Waals surface area contributed by atoms with Crippen LogP contribution in [0, 0.1) is 0 Å². The summed E-state index contributed by atoms with van der Waals surface area (Å²) in [6.07, 6.45) is 3.44. The predicted molar refractivity (Wildman–Crippen MR) is 66.8 cm³/mol. The second kappa shape index (κ2) is 3.82. The molecule has 0 aliphatic heterocycles. The highest BCUT2D eigenvalue weighted by Gasteiger charge is 2.04. The molecule has 4 nitrogen and oxygen atoms in total. The van der Waals surface area contributed by atoms with Crippen LogP contribution in [0.25, 0.3) is 22.3 Å². The summed E-state index contributed by atoms with van der Waals surface area (Å²) in [6, 6.07) is 7.85. The Hall–Kier alpha value is -1.94. The van der Waals surface area contributed by atoms with Crippen molar-refractivity contribution in [1.29, 1.82) is 0 Å². The summed E-state index contributed by atoms with van der Waals surface area (Å²) in [4.78, 5) is 12.4. The molecule has 17 heavy (non-hydrogen) atoms. The van der Waals surface area contributed by atoms with E-state index < -0.39 is 0 Å². The smallest absolute Gasteiger partial charge is 0.222 e. The molecule has 0 radical (unpaired) electrons. The second-order valence-electron chi connectivity index (χ2n) is 3.77. The molecule has 1 aromatic carbocycles. The summed E-state index contributed by atoms with van der Waals surface area (Å²) < 4.78 is 1.98. The number of fused-ring (bicyclic) bond motifs is 1. The molecule has 3 aromatic rings. The number of benzene rings is 1. The van der Waals surface area contributed by atoms with Crippen LogP contribution < -0.4 is 0 Å². The Labute approximate surface area is 103 Å². The van der Waals surface area contributed by atoms with Gasteiger partial charge in [-0.2, -0.15) is 0 Å². The number of nitrogens with zero attached hydrogens (tertiary/aromatic N) is 4. The molecule has 0 aliphatic carbocycles. The summed E-state index contributed by atoms with van der Waals surface area (Å²) in [5.41, 5.74) is 3.83. The Morgan fingerprint density at radius 2 is 2.06 bits per heavy atom. The first-order chi connectivity index (χ1) is 8.24. The lowest BCUT2D eigenvalue weighted by molar-refractivity contribution is 0.948. The monoisotopic (exact) mass is 244 g/mol. The third kappa shape index (κ3) is 1.76. The molecule has 2 heterocycles. The molecule has 0 atom stereocenters. The predicted octanol–water partition coefficient (Wildman–Crippen LogP) is 2.68. The van der Waals surface area contributed by atoms with Crippen LogP contribution in [0.2, 0.25) is 5.28 Å². The van der Waals surface area contributed by atoms with Gasteiger partial charge in [-0.1, -0.05) is 6.07 Å². The molecule has 0 N–H and O–H groups in total. The number of hydrogen-bond acceptors (Lipinski definition) is 3. The van der Waals surface area contributed by atoms with Crippen LogP contribution >= 0.6 is 11.6 Å². The number of imidazole rings is 1. The Morgan fingerprint density at radius 3 is 2.88 bits per heavy atom. The lowest BCUT2D eigenvalue weighted by Crippen LogP contribution is -1.87. The van der Waals surface area contributed by atoms with Crippen molar-refractivity contribution in [2.24, 2.45) is 7.05 Å². The largest absolute Gasteiger partial charge is 0.334 e. The minimum atomic E-state index is 0.253. The van der Waals surface area contributed by atoms with Gasteiger partial charge < -0.3 is 4.57 Å². The number of halogens is 1. The van der Waals surface area contributed by atoms with Crippen LogP contribution in [-0.2, 0) is 7.05 Å². The van der Waals surface area contributed by atoms with Crippen molar-refractivity contribution < 1.29 is 0 Å². The first kappa shape index (κ1) is 10.2. The van der Waals surface area contributed by atoms with E-state index in [-0.39, 0.29) is 5.28 Å². The van der Waals surface area contributed by atoms with E-state index in [2.05, 4.69) is 15.0 Å². The van der Waals surface area contributed by atoms with Crippen molar-refractivity contribution >= 4 is 22.6 Å². The molecular formula is C12H9ClN4. The molecule has 0 aliphatic rings. The molecule has 0 saturated heterocycles. The van der Waals surface area contributed by atoms with Gasteiger partial charge in [-0.25, -0.2) is 15.0 Å². The molecule has 84 valence electrons. The van der Waals surface area contributed by atoms with Gasteiger partial charge in [0.2, 0.25) is 5.28 Å². The number of aromatic nitrogens is 4. The van der Waals surface area contributed by atoms with E-state index in [1.54, 1.807) is 12.5 Å². The van der Waals surface area contributed by atoms with Crippen molar-refractivity contribution in [3.05, 3.63) is 42.1 Å². The van der Waals surface area contributed by atoms with E-state index in [1.165, 1.54) is 0 Å². The van der Waals surface area contributed by atoms with Crippen molar-refractivity contribution in [2.75, 3.05) is 0 Å². The van der Waals surface area contributed by atoms with Crippen LogP contribution in [0.5, 0.6) is 0 Å². The van der Waals surface area contributed by atoms with Crippen LogP contribution in [0.3, 0.4) is 0 Å². The molecule has 2 aromatic heterocycles. The van der Waals surface area contributed by atoms with Crippen LogP contribution in [-0.4, -0.2) is 19.5 Å². The molecule has 5 heteroatoms. The van der Waals surface area contributed by atoms with Crippen LogP contribution in [0.15, 0.2) is 36.8 Å². The lowest BCUT2D eigenvalue weighted by Gasteiger charge is -2.01. The van der Waals surface area contributed by atoms with Crippen molar-refractivity contribution in [3.63, 3.8) is 0 Å². The van der Waals surface area contributed by atoms with Gasteiger partial charge in [0.1, 0.15) is 0 Å². The average molecular weight is 245 g/mol. The Balaban J connectivity index is 2.18. The first-order valence-corrected chi connectivity index (χ1v) is 5.52. The molecule has 0 amide bonds. The van der Waals surface area contributed by atoms with Gasteiger partial charge in [0.15, 0.2) is 0 Å². The number of hydrogen-bond donors (Lipinski definition) is 0. The average Bonchev–Trinajstić information content (AvgIpc) is 2.71. The van der Waals surface area contributed by atoms with Gasteiger partial charge in [-0.05, 0) is 29.8 Å². The van der Waals surface area contributed by atoms with Gasteiger partial charge in [0.25, 0.3) is 0 Å². The number of rotatable bonds is 1. The minimum Gasteiger partial charge on any atom is -0.334 e. The molecule has 3 rings (SSSR count). The Morgan fingerprint density at radius 1 is 1.18 bits per heavy atom. The minimum absolute atomic E-state index is 0.253. The SMILES string of the molecule is Cn1cnc2cc(-c3ccnc(Cl)n3)ccc21. The fourth-order valence-electron chi connectivity index (χ4n) is 1.79. The fourth-order valence-corrected chi connectivity index (χ4v) is 1.94. The van der Waals surface area contributed by atoms with Crippen molar-refractivity contribution in [3.8, 4) is 11.3 Å². The van der Waals surface area contributed by atoms with E-state index >= 15 is 0 Å². The molecule has 0 bridgehead atoms. The topological polar surface area (TPSA) is 43.6 Å². The van der Waals surface area contributed by atoms with Crippen molar-refractivity contribution in [1.82, 2.24) is 19.5 Å². The first-order valence-electron chi connectivity index (χ1n) is 5.14. The van der Waals surface area contributed by atoms with Gasteiger partial charge in [0, 0.05) is 18.8 Å². The normalized spacial score (nSPS) is 10.9. The summed E-state index contributed by atoms with van der Waals surface area (Å²) in [5.74, 6) is 0. The van der Waals surface area contributed by atoms with Crippen molar-refractivity contribution in [2.45, 2.75) is 0 Å². The van der Waals surface area contributed by atoms with E-state index in [9.17, 15) is 0 Å². The summed E-state index contributed by atoms with van der Waals surface area (Å²) in [7, 11) is 1.97. The summed E-state index contributed by atoms with van der Waals surface area (Å²) >= 11 is 5.78. The third-order valence-electron chi connectivity index (χ3n) is 2.65. The standard InChI is InChI=1S/C12H9ClN4/c1-17-7-15-10-6-8(2-3-11(10)17)9-4-5-14-12(13)16-9/h2-7H,1H3. The Kier molecular flexibility index (Phi) is 2.30. The summed E-state index contributed by atoms with van der Waals surface area (Å²) in [5, 5.41) is 0.253. The zero-order chi connectivity index (χ0) is 11.8. The zero-order valence-corrected chi connectivity index (χ0v) is 9.89. The quantitative estimate of drug-likeness (QED) is 0.618. The van der Waals surface area contributed by atoms with Gasteiger partial charge >= 0.3 is 0 Å². The highest BCUT2D eigenvalue weighted by molar-refractivity contribution is 6.28. The van der Waals surface area contributed by atoms with Crippen LogP contribution in [0.1, 0.15) is 0 Å². The van der Waals surface area contributed by atoms with E-state index in [0.717, 1.165) is 22.3 Å². The van der Waals surface area contributed by atoms with Gasteiger partial charge in [-0.3, -0.25) is 0 Å². The molecule has 0 unspecified atom stereocenters. The molecule has 0 saturated carbocycles. The van der Waals surface area contributed by atoms with Gasteiger partial charge in [-0.15, -0.1) is 0 Å². The zero-order valence-electron chi connectivity index (χ0n) is 9.13. The molecule has 0 fully saturated rings. The van der Waals surface area contributed by atoms with E-state index in [0.29, 0.717) is 0 Å². The van der Waals surface area contributed by atoms with E-state index in [1.807, 2.05) is 35.9 Å². The second-order valence-corrected chi connectivity index (χ2v) is 4.11. The highest BCUT2D eigenvalue weighted by atomic mass is 35.5. The van der Waals surface area contributed by atoms with E-state index in [4.69, 9.17) is 11.6 Å². The number of aryl methyl sites for hydroxylation is 1. The Bertz CT molecular complexity index is 690. The lowest BCUT2D eigenvalue weighted by atomic mass is 10.1. The molecule has 0 spiro atoms. The third-order valence-corrected chi connectivity index (χ3v) is 2.83. The highest BCUT2D eigenvalue weighted by Crippen LogP contribution is 2.22. The maximum atomic E-state index is 5.78. The van der Waals surface area contributed by atoms with Crippen LogP contribution in [0.4, 0.5) is 0 Å². The maximum Gasteiger partial charge on any atom is 0.222 e. The molecular weight excluding hydrogens is 236 g/mol. The summed E-state index contributed by atoms with van der Waals surface area (Å²) in [6.45, 7) is 0.